The van der Waals surface area contributed by atoms with Gasteiger partial charge in [-0.1, -0.05) is 34.8 Å². The fraction of sp³-hybridized carbons (Fsp3) is 0.688. The fourth-order valence-corrected chi connectivity index (χ4v) is 2.60. The largest absolute Gasteiger partial charge is 0.463 e. The van der Waals surface area contributed by atoms with Crippen LogP contribution in [-0.2, 0) is 47.6 Å². The van der Waals surface area contributed by atoms with Crippen LogP contribution in [0.25, 0.3) is 0 Å². The first-order valence-corrected chi connectivity index (χ1v) is 9.48. The van der Waals surface area contributed by atoms with Crippen molar-refractivity contribution in [3.63, 3.8) is 0 Å². The van der Waals surface area contributed by atoms with Gasteiger partial charge in [-0.2, -0.15) is 0 Å². The van der Waals surface area contributed by atoms with E-state index in [2.05, 4.69) is 0 Å². The third-order valence-corrected chi connectivity index (χ3v) is 3.95. The lowest BCUT2D eigenvalue weighted by Gasteiger charge is -2.44. The average molecular weight is 493 g/mol. The second-order valence-corrected chi connectivity index (χ2v) is 8.29. The summed E-state index contributed by atoms with van der Waals surface area (Å²) >= 11 is 16.8. The van der Waals surface area contributed by atoms with Crippen LogP contribution in [0.4, 0.5) is 0 Å². The van der Waals surface area contributed by atoms with E-state index < -0.39 is 70.9 Å². The normalized spacial score (nSPS) is 26.2. The lowest BCUT2D eigenvalue weighted by Crippen LogP contribution is -2.63. The van der Waals surface area contributed by atoms with Gasteiger partial charge in [-0.3, -0.25) is 24.6 Å². The number of rotatable bonds is 6. The Labute approximate surface area is 186 Å². The van der Waals surface area contributed by atoms with Crippen LogP contribution in [0.3, 0.4) is 0 Å². The molecule has 1 N–H and O–H groups in total. The Kier molecular flexibility index (Phi) is 9.60. The maximum atomic E-state index is 11.7. The lowest BCUT2D eigenvalue weighted by atomic mass is 9.98. The number of hydrogen-bond donors (Lipinski definition) is 1. The van der Waals surface area contributed by atoms with Crippen LogP contribution in [0.1, 0.15) is 27.7 Å². The molecule has 1 aliphatic rings. The second kappa shape index (κ2) is 11.0. The Bertz CT molecular complexity index is 695. The molecule has 0 aromatic heterocycles. The van der Waals surface area contributed by atoms with Crippen LogP contribution in [-0.4, -0.2) is 70.9 Å². The minimum Gasteiger partial charge on any atom is -0.463 e. The van der Waals surface area contributed by atoms with Gasteiger partial charge in [-0.15, -0.1) is 0 Å². The van der Waals surface area contributed by atoms with E-state index in [4.69, 9.17) is 68.6 Å². The first kappa shape index (κ1) is 26.2. The van der Waals surface area contributed by atoms with E-state index in [1.807, 2.05) is 0 Å². The van der Waals surface area contributed by atoms with Gasteiger partial charge in [0, 0.05) is 27.7 Å². The molecule has 0 radical (unpaired) electrons. The quantitative estimate of drug-likeness (QED) is 0.190. The molecule has 0 aromatic rings. The monoisotopic (exact) mass is 491 g/mol. The minimum absolute atomic E-state index is 0.460. The van der Waals surface area contributed by atoms with Crippen LogP contribution in [0.2, 0.25) is 0 Å². The minimum atomic E-state index is -2.29. The molecule has 1 fully saturated rings. The van der Waals surface area contributed by atoms with Crippen LogP contribution < -0.4 is 0 Å². The predicted molar refractivity (Wildman–Crippen MR) is 101 cm³/mol. The van der Waals surface area contributed by atoms with Crippen molar-refractivity contribution in [2.75, 3.05) is 6.61 Å². The number of carbonyl (C=O) groups excluding carboxylic acids is 4. The van der Waals surface area contributed by atoms with Gasteiger partial charge in [-0.05, 0) is 0 Å². The molecular weight excluding hydrogens is 473 g/mol. The molecular formula is C16H20Cl3NO10. The highest BCUT2D eigenvalue weighted by atomic mass is 35.6. The highest BCUT2D eigenvalue weighted by molar-refractivity contribution is 6.76. The molecule has 0 spiro atoms. The zero-order chi connectivity index (χ0) is 23.2. The third-order valence-electron chi connectivity index (χ3n) is 3.44. The van der Waals surface area contributed by atoms with Crippen molar-refractivity contribution in [2.24, 2.45) is 0 Å². The third kappa shape index (κ3) is 8.13. The van der Waals surface area contributed by atoms with Gasteiger partial charge in [-0.25, -0.2) is 0 Å². The van der Waals surface area contributed by atoms with Crippen LogP contribution >= 0.6 is 34.8 Å². The van der Waals surface area contributed by atoms with Crippen molar-refractivity contribution in [3.8, 4) is 0 Å². The summed E-state index contributed by atoms with van der Waals surface area (Å²) in [6.45, 7) is 3.86. The topological polar surface area (TPSA) is 148 Å². The number of hydrogen-bond acceptors (Lipinski definition) is 11. The molecule has 5 atom stereocenters. The van der Waals surface area contributed by atoms with Crippen molar-refractivity contribution in [1.82, 2.24) is 0 Å². The van der Waals surface area contributed by atoms with Crippen molar-refractivity contribution in [2.45, 2.75) is 62.2 Å². The fourth-order valence-electron chi connectivity index (χ4n) is 2.47. The second-order valence-electron chi connectivity index (χ2n) is 6.01. The summed E-state index contributed by atoms with van der Waals surface area (Å²) in [7, 11) is 0. The van der Waals surface area contributed by atoms with E-state index in [-0.39, 0.29) is 0 Å². The van der Waals surface area contributed by atoms with E-state index >= 15 is 0 Å². The van der Waals surface area contributed by atoms with E-state index in [9.17, 15) is 19.2 Å². The SMILES string of the molecule is CC(=O)OCC1O[C@H](OC(=N)C(Cl)(Cl)Cl)C(OC(C)=O)C(OC(C)=O)[C@H]1OC(C)=O. The number of nitrogens with one attached hydrogen (secondary N) is 1. The van der Waals surface area contributed by atoms with Crippen molar-refractivity contribution >= 4 is 64.6 Å². The summed E-state index contributed by atoms with van der Waals surface area (Å²) in [4.78, 5) is 46.1. The zero-order valence-corrected chi connectivity index (χ0v) is 18.6. The molecule has 14 heteroatoms. The summed E-state index contributed by atoms with van der Waals surface area (Å²) in [5.74, 6) is -4.03. The van der Waals surface area contributed by atoms with Crippen LogP contribution in [0.5, 0.6) is 0 Å². The van der Waals surface area contributed by atoms with Gasteiger partial charge >= 0.3 is 23.9 Å². The van der Waals surface area contributed by atoms with Crippen molar-refractivity contribution in [3.05, 3.63) is 0 Å². The average Bonchev–Trinajstić information content (AvgIpc) is 2.56. The summed E-state index contributed by atoms with van der Waals surface area (Å²) in [5.41, 5.74) is 0. The molecule has 170 valence electrons. The Morgan fingerprint density at radius 1 is 0.800 bits per heavy atom. The van der Waals surface area contributed by atoms with E-state index in [1.165, 1.54) is 0 Å². The van der Waals surface area contributed by atoms with E-state index in [0.29, 0.717) is 0 Å². The maximum absolute atomic E-state index is 11.7. The molecule has 0 aromatic carbocycles. The van der Waals surface area contributed by atoms with E-state index in [1.54, 1.807) is 0 Å². The number of alkyl halides is 3. The van der Waals surface area contributed by atoms with Crippen LogP contribution in [0, 0.1) is 5.41 Å². The molecule has 1 saturated heterocycles. The molecule has 11 nitrogen and oxygen atoms in total. The first-order chi connectivity index (χ1) is 13.7. The first-order valence-electron chi connectivity index (χ1n) is 8.35. The molecule has 0 bridgehead atoms. The van der Waals surface area contributed by atoms with Crippen molar-refractivity contribution < 1.29 is 47.6 Å². The number of ether oxygens (including phenoxy) is 6. The number of esters is 4. The Morgan fingerprint density at radius 3 is 1.70 bits per heavy atom. The Balaban J connectivity index is 3.37. The molecule has 0 aliphatic carbocycles. The van der Waals surface area contributed by atoms with Gasteiger partial charge in [0.05, 0.1) is 0 Å². The van der Waals surface area contributed by atoms with E-state index in [0.717, 1.165) is 27.7 Å². The van der Waals surface area contributed by atoms with Gasteiger partial charge in [0.15, 0.2) is 12.2 Å². The molecule has 1 heterocycles. The van der Waals surface area contributed by atoms with Gasteiger partial charge < -0.3 is 28.4 Å². The highest BCUT2D eigenvalue weighted by Gasteiger charge is 2.54. The molecule has 3 unspecified atom stereocenters. The summed E-state index contributed by atoms with van der Waals surface area (Å²) < 4.78 is 28.9. The predicted octanol–water partition coefficient (Wildman–Crippen LogP) is 1.43. The molecule has 0 amide bonds. The molecule has 1 rings (SSSR count). The maximum Gasteiger partial charge on any atom is 0.303 e. The highest BCUT2D eigenvalue weighted by Crippen LogP contribution is 2.33. The zero-order valence-electron chi connectivity index (χ0n) is 16.3. The van der Waals surface area contributed by atoms with Gasteiger partial charge in [0.25, 0.3) is 3.79 Å². The number of carbonyl (C=O) groups is 4. The molecule has 0 saturated carbocycles. The molecule has 30 heavy (non-hydrogen) atoms. The molecule has 1 aliphatic heterocycles. The van der Waals surface area contributed by atoms with Crippen molar-refractivity contribution in [1.29, 1.82) is 5.41 Å². The Morgan fingerprint density at radius 2 is 1.27 bits per heavy atom. The lowest BCUT2D eigenvalue weighted by molar-refractivity contribution is -0.292. The van der Waals surface area contributed by atoms with Gasteiger partial charge in [0.1, 0.15) is 12.7 Å². The summed E-state index contributed by atoms with van der Waals surface area (Å²) in [5, 5.41) is 7.74. The summed E-state index contributed by atoms with van der Waals surface area (Å²) in [6, 6.07) is 0. The summed E-state index contributed by atoms with van der Waals surface area (Å²) in [6.07, 6.45) is -7.25. The smallest absolute Gasteiger partial charge is 0.303 e. The number of halogens is 3. The standard InChI is InChI=1S/C16H20Cl3NO10/c1-6(21)25-5-10-11(26-7(2)22)12(27-8(3)23)13(28-9(4)24)14(29-10)30-15(20)16(17,18)19/h10-14,20H,5H2,1-4H3/t10?,11-,12?,13?,14+/m0/s1. The van der Waals surface area contributed by atoms with Crippen LogP contribution in [0.15, 0.2) is 0 Å². The Hall–Kier alpha value is -1.82. The van der Waals surface area contributed by atoms with Gasteiger partial charge in [0.2, 0.25) is 18.3 Å².